The van der Waals surface area contributed by atoms with Crippen LogP contribution in [0.25, 0.3) is 0 Å². The van der Waals surface area contributed by atoms with Crippen molar-refractivity contribution in [2.45, 2.75) is 31.8 Å². The maximum Gasteiger partial charge on any atom is 0.241 e. The number of hydrogen-bond acceptors (Lipinski definition) is 4. The predicted molar refractivity (Wildman–Crippen MR) is 84.7 cm³/mol. The van der Waals surface area contributed by atoms with Crippen molar-refractivity contribution in [1.82, 2.24) is 10.2 Å². The monoisotopic (exact) mass is 291 g/mol. The molecule has 0 aliphatic carbocycles. The summed E-state index contributed by atoms with van der Waals surface area (Å²) in [5, 5.41) is 6.26. The van der Waals surface area contributed by atoms with Gasteiger partial charge >= 0.3 is 0 Å². The van der Waals surface area contributed by atoms with Crippen LogP contribution in [0.3, 0.4) is 0 Å². The van der Waals surface area contributed by atoms with Crippen molar-refractivity contribution < 1.29 is 9.53 Å². The predicted octanol–water partition coefficient (Wildman–Crippen LogP) is 1.84. The summed E-state index contributed by atoms with van der Waals surface area (Å²) in [7, 11) is 5.67. The molecule has 1 aliphatic heterocycles. The molecule has 5 heteroatoms. The summed E-state index contributed by atoms with van der Waals surface area (Å²) < 4.78 is 5.34. The number of methoxy groups -OCH3 is 1. The minimum atomic E-state index is -0.0963. The Labute approximate surface area is 126 Å². The third-order valence-electron chi connectivity index (χ3n) is 3.65. The summed E-state index contributed by atoms with van der Waals surface area (Å²) >= 11 is 0. The van der Waals surface area contributed by atoms with Gasteiger partial charge in [-0.1, -0.05) is 12.5 Å². The van der Waals surface area contributed by atoms with E-state index in [9.17, 15) is 4.79 Å². The molecular formula is C16H25N3O2. The number of nitrogens with zero attached hydrogens (tertiary/aromatic N) is 1. The van der Waals surface area contributed by atoms with Crippen LogP contribution in [0, 0.1) is 0 Å². The molecule has 1 saturated heterocycles. The van der Waals surface area contributed by atoms with Gasteiger partial charge in [-0.05, 0) is 51.2 Å². The Morgan fingerprint density at radius 1 is 1.43 bits per heavy atom. The van der Waals surface area contributed by atoms with Gasteiger partial charge in [0.1, 0.15) is 5.75 Å². The zero-order chi connectivity index (χ0) is 15.2. The lowest BCUT2D eigenvalue weighted by Crippen LogP contribution is -2.43. The highest BCUT2D eigenvalue weighted by Gasteiger charge is 2.21. The number of rotatable bonds is 5. The van der Waals surface area contributed by atoms with Crippen molar-refractivity contribution in [1.29, 1.82) is 0 Å². The van der Waals surface area contributed by atoms with E-state index in [2.05, 4.69) is 15.5 Å². The minimum absolute atomic E-state index is 0.0232. The topological polar surface area (TPSA) is 53.6 Å². The molecule has 1 aliphatic rings. The van der Waals surface area contributed by atoms with Crippen LogP contribution in [0.2, 0.25) is 0 Å². The van der Waals surface area contributed by atoms with E-state index in [1.54, 1.807) is 7.11 Å². The maximum atomic E-state index is 12.3. The largest absolute Gasteiger partial charge is 0.495 e. The number of carbonyl (C=O) groups is 1. The first-order chi connectivity index (χ1) is 10.1. The van der Waals surface area contributed by atoms with Crippen molar-refractivity contribution in [2.24, 2.45) is 0 Å². The summed E-state index contributed by atoms with van der Waals surface area (Å²) in [6, 6.07) is 5.82. The standard InChI is InChI=1S/C16H25N3O2/c1-19(2)11-12-7-8-15(21-3)14(10-12)18-16(20)13-6-4-5-9-17-13/h7-8,10,13,17H,4-6,9,11H2,1-3H3,(H,18,20)/t13-/m0/s1. The van der Waals surface area contributed by atoms with E-state index in [0.717, 1.165) is 43.6 Å². The number of piperidine rings is 1. The summed E-state index contributed by atoms with van der Waals surface area (Å²) in [6.45, 7) is 1.74. The summed E-state index contributed by atoms with van der Waals surface area (Å²) in [5.74, 6) is 0.719. The van der Waals surface area contributed by atoms with Gasteiger partial charge in [-0.15, -0.1) is 0 Å². The molecule has 0 bridgehead atoms. The molecule has 21 heavy (non-hydrogen) atoms. The van der Waals surface area contributed by atoms with E-state index in [4.69, 9.17) is 4.74 Å². The first-order valence-electron chi connectivity index (χ1n) is 7.46. The number of benzene rings is 1. The number of anilines is 1. The second kappa shape index (κ2) is 7.43. The number of nitrogens with one attached hydrogen (secondary N) is 2. The van der Waals surface area contributed by atoms with Crippen LogP contribution in [0.15, 0.2) is 18.2 Å². The van der Waals surface area contributed by atoms with Gasteiger partial charge in [0.15, 0.2) is 0 Å². The van der Waals surface area contributed by atoms with E-state index in [1.165, 1.54) is 0 Å². The molecular weight excluding hydrogens is 266 g/mol. The van der Waals surface area contributed by atoms with Crippen molar-refractivity contribution in [3.05, 3.63) is 23.8 Å². The normalized spacial score (nSPS) is 18.6. The van der Waals surface area contributed by atoms with Crippen LogP contribution in [0.4, 0.5) is 5.69 Å². The van der Waals surface area contributed by atoms with E-state index in [0.29, 0.717) is 5.75 Å². The minimum Gasteiger partial charge on any atom is -0.495 e. The molecule has 1 aromatic rings. The Morgan fingerprint density at radius 2 is 2.24 bits per heavy atom. The average molecular weight is 291 g/mol. The Hall–Kier alpha value is -1.59. The van der Waals surface area contributed by atoms with Gasteiger partial charge in [0.05, 0.1) is 18.8 Å². The smallest absolute Gasteiger partial charge is 0.241 e. The maximum absolute atomic E-state index is 12.3. The summed E-state index contributed by atoms with van der Waals surface area (Å²) in [4.78, 5) is 14.4. The molecule has 0 saturated carbocycles. The molecule has 2 rings (SSSR count). The molecule has 1 heterocycles. The van der Waals surface area contributed by atoms with Gasteiger partial charge < -0.3 is 20.3 Å². The summed E-state index contributed by atoms with van der Waals surface area (Å²) in [6.07, 6.45) is 3.14. The summed E-state index contributed by atoms with van der Waals surface area (Å²) in [5.41, 5.74) is 1.89. The third-order valence-corrected chi connectivity index (χ3v) is 3.65. The highest BCUT2D eigenvalue weighted by atomic mass is 16.5. The second-order valence-corrected chi connectivity index (χ2v) is 5.76. The van der Waals surface area contributed by atoms with E-state index >= 15 is 0 Å². The third kappa shape index (κ3) is 4.44. The molecule has 0 radical (unpaired) electrons. The average Bonchev–Trinajstić information content (AvgIpc) is 2.48. The van der Waals surface area contributed by atoms with Gasteiger partial charge in [0, 0.05) is 6.54 Å². The number of hydrogen-bond donors (Lipinski definition) is 2. The lowest BCUT2D eigenvalue weighted by atomic mass is 10.0. The SMILES string of the molecule is COc1ccc(CN(C)C)cc1NC(=O)[C@@H]1CCCCN1. The molecule has 1 atom stereocenters. The zero-order valence-electron chi connectivity index (χ0n) is 13.1. The lowest BCUT2D eigenvalue weighted by Gasteiger charge is -2.23. The van der Waals surface area contributed by atoms with Crippen molar-refractivity contribution in [3.8, 4) is 5.75 Å². The van der Waals surface area contributed by atoms with Crippen LogP contribution in [-0.4, -0.2) is 44.6 Å². The van der Waals surface area contributed by atoms with Gasteiger partial charge in [-0.2, -0.15) is 0 Å². The van der Waals surface area contributed by atoms with Crippen LogP contribution in [-0.2, 0) is 11.3 Å². The van der Waals surface area contributed by atoms with Gasteiger partial charge in [0.2, 0.25) is 5.91 Å². The van der Waals surface area contributed by atoms with Crippen LogP contribution < -0.4 is 15.4 Å². The number of ether oxygens (including phenoxy) is 1. The Kier molecular flexibility index (Phi) is 5.59. The zero-order valence-corrected chi connectivity index (χ0v) is 13.1. The van der Waals surface area contributed by atoms with Gasteiger partial charge in [0.25, 0.3) is 0 Å². The van der Waals surface area contributed by atoms with Gasteiger partial charge in [-0.25, -0.2) is 0 Å². The fourth-order valence-electron chi connectivity index (χ4n) is 2.61. The highest BCUT2D eigenvalue weighted by molar-refractivity contribution is 5.96. The first kappa shape index (κ1) is 15.8. The quantitative estimate of drug-likeness (QED) is 0.869. The van der Waals surface area contributed by atoms with Crippen molar-refractivity contribution >= 4 is 11.6 Å². The van der Waals surface area contributed by atoms with Crippen LogP contribution >= 0.6 is 0 Å². The first-order valence-corrected chi connectivity index (χ1v) is 7.46. The molecule has 116 valence electrons. The second-order valence-electron chi connectivity index (χ2n) is 5.76. The molecule has 0 unspecified atom stereocenters. The Morgan fingerprint density at radius 3 is 2.86 bits per heavy atom. The van der Waals surface area contributed by atoms with E-state index < -0.39 is 0 Å². The van der Waals surface area contributed by atoms with Crippen molar-refractivity contribution in [3.63, 3.8) is 0 Å². The van der Waals surface area contributed by atoms with E-state index in [-0.39, 0.29) is 11.9 Å². The Bertz CT molecular complexity index is 482. The van der Waals surface area contributed by atoms with Crippen LogP contribution in [0.5, 0.6) is 5.75 Å². The molecule has 0 spiro atoms. The van der Waals surface area contributed by atoms with Crippen LogP contribution in [0.1, 0.15) is 24.8 Å². The highest BCUT2D eigenvalue weighted by Crippen LogP contribution is 2.26. The molecule has 1 amide bonds. The van der Waals surface area contributed by atoms with E-state index in [1.807, 2.05) is 32.3 Å². The molecule has 1 aromatic carbocycles. The Balaban J connectivity index is 2.10. The lowest BCUT2D eigenvalue weighted by molar-refractivity contribution is -0.118. The molecule has 1 fully saturated rings. The fourth-order valence-corrected chi connectivity index (χ4v) is 2.61. The van der Waals surface area contributed by atoms with Crippen molar-refractivity contribution in [2.75, 3.05) is 33.1 Å². The fraction of sp³-hybridized carbons (Fsp3) is 0.562. The number of carbonyl (C=O) groups excluding carboxylic acids is 1. The van der Waals surface area contributed by atoms with Gasteiger partial charge in [-0.3, -0.25) is 4.79 Å². The number of amides is 1. The molecule has 5 nitrogen and oxygen atoms in total. The molecule has 2 N–H and O–H groups in total. The molecule has 0 aromatic heterocycles.